The fourth-order valence-corrected chi connectivity index (χ4v) is 2.95. The van der Waals surface area contributed by atoms with Gasteiger partial charge in [-0.3, -0.25) is 24.1 Å². The number of hydrogen-bond donors (Lipinski definition) is 0. The Balaban J connectivity index is 1.93. The van der Waals surface area contributed by atoms with Crippen LogP contribution in [0.25, 0.3) is 0 Å². The number of benzene rings is 2. The van der Waals surface area contributed by atoms with E-state index in [2.05, 4.69) is 0 Å². The third kappa shape index (κ3) is 3.39. The van der Waals surface area contributed by atoms with E-state index in [0.29, 0.717) is 0 Å². The average Bonchev–Trinajstić information content (AvgIpc) is 2.90. The fraction of sp³-hybridized carbons (Fsp3) is 0.200. The molecule has 0 bridgehead atoms. The maximum Gasteiger partial charge on any atom is 0.303 e. The minimum Gasteiger partial charge on any atom is -0.458 e. The molecule has 0 saturated carbocycles. The number of carbonyl (C=O) groups excluding carboxylic acids is 4. The first-order valence-electron chi connectivity index (χ1n) is 8.16. The Labute approximate surface area is 150 Å². The molecule has 1 heterocycles. The molecule has 2 aromatic carbocycles. The number of carbonyl (C=O) groups is 4. The highest BCUT2D eigenvalue weighted by Crippen LogP contribution is 2.26. The third-order valence-corrected chi connectivity index (χ3v) is 4.20. The molecule has 1 atom stereocenters. The molecule has 0 radical (unpaired) electrons. The van der Waals surface area contributed by atoms with E-state index >= 15 is 0 Å². The van der Waals surface area contributed by atoms with Crippen LogP contribution < -0.4 is 0 Å². The summed E-state index contributed by atoms with van der Waals surface area (Å²) in [6, 6.07) is 14.5. The molecule has 2 aromatic rings. The van der Waals surface area contributed by atoms with Crippen LogP contribution in [0, 0.1) is 0 Å². The summed E-state index contributed by atoms with van der Waals surface area (Å²) in [5.74, 6) is -2.12. The maximum atomic E-state index is 12.7. The molecule has 0 saturated heterocycles. The van der Waals surface area contributed by atoms with Crippen LogP contribution in [-0.2, 0) is 20.7 Å². The standard InChI is InChI=1S/C20H17NO5/c1-13(22)26-12-18(23)17(11-14-7-3-2-4-8-14)21-19(24)15-9-5-6-10-16(15)20(21)25/h2-10,17H,11-12H2,1H3/t17-/m0/s1. The monoisotopic (exact) mass is 351 g/mol. The van der Waals surface area contributed by atoms with Crippen molar-refractivity contribution < 1.29 is 23.9 Å². The van der Waals surface area contributed by atoms with Gasteiger partial charge in [-0.15, -0.1) is 0 Å². The normalized spacial score (nSPS) is 14.1. The number of ether oxygens (including phenoxy) is 1. The maximum absolute atomic E-state index is 12.7. The lowest BCUT2D eigenvalue weighted by Gasteiger charge is -2.25. The Morgan fingerprint density at radius 2 is 1.46 bits per heavy atom. The van der Waals surface area contributed by atoms with Crippen molar-refractivity contribution in [2.24, 2.45) is 0 Å². The van der Waals surface area contributed by atoms with Crippen molar-refractivity contribution in [3.05, 3.63) is 71.3 Å². The van der Waals surface area contributed by atoms with Gasteiger partial charge in [0.15, 0.2) is 12.4 Å². The first-order valence-corrected chi connectivity index (χ1v) is 8.16. The zero-order valence-electron chi connectivity index (χ0n) is 14.2. The van der Waals surface area contributed by atoms with Crippen molar-refractivity contribution in [1.82, 2.24) is 4.90 Å². The number of fused-ring (bicyclic) bond motifs is 1. The molecule has 132 valence electrons. The summed E-state index contributed by atoms with van der Waals surface area (Å²) in [7, 11) is 0. The Hall–Kier alpha value is -3.28. The topological polar surface area (TPSA) is 80.8 Å². The summed E-state index contributed by atoms with van der Waals surface area (Å²) in [6.45, 7) is 0.710. The van der Waals surface area contributed by atoms with E-state index in [1.54, 1.807) is 24.3 Å². The van der Waals surface area contributed by atoms with Crippen LogP contribution >= 0.6 is 0 Å². The molecule has 0 unspecified atom stereocenters. The predicted octanol–water partition coefficient (Wildman–Crippen LogP) is 2.03. The van der Waals surface area contributed by atoms with Gasteiger partial charge >= 0.3 is 5.97 Å². The number of hydrogen-bond acceptors (Lipinski definition) is 5. The number of esters is 1. The van der Waals surface area contributed by atoms with E-state index in [1.165, 1.54) is 6.92 Å². The van der Waals surface area contributed by atoms with Crippen LogP contribution in [0.5, 0.6) is 0 Å². The molecule has 6 nitrogen and oxygen atoms in total. The molecule has 2 amide bonds. The number of amides is 2. The zero-order chi connectivity index (χ0) is 18.7. The van der Waals surface area contributed by atoms with Crippen molar-refractivity contribution in [3.8, 4) is 0 Å². The highest BCUT2D eigenvalue weighted by molar-refractivity contribution is 6.23. The predicted molar refractivity (Wildman–Crippen MR) is 92.5 cm³/mol. The SMILES string of the molecule is CC(=O)OCC(=O)[C@H](Cc1ccccc1)N1C(=O)c2ccccc2C1=O. The highest BCUT2D eigenvalue weighted by atomic mass is 16.5. The highest BCUT2D eigenvalue weighted by Gasteiger charge is 2.42. The first-order chi connectivity index (χ1) is 12.5. The number of imide groups is 1. The van der Waals surface area contributed by atoms with E-state index in [4.69, 9.17) is 4.74 Å². The molecule has 3 rings (SSSR count). The second-order valence-corrected chi connectivity index (χ2v) is 5.98. The van der Waals surface area contributed by atoms with Crippen molar-refractivity contribution in [3.63, 3.8) is 0 Å². The summed E-state index contributed by atoms with van der Waals surface area (Å²) >= 11 is 0. The molecule has 6 heteroatoms. The van der Waals surface area contributed by atoms with E-state index in [1.807, 2.05) is 30.3 Å². The second-order valence-electron chi connectivity index (χ2n) is 5.98. The van der Waals surface area contributed by atoms with Gasteiger partial charge in [-0.1, -0.05) is 42.5 Å². The van der Waals surface area contributed by atoms with Crippen LogP contribution in [0.2, 0.25) is 0 Å². The van der Waals surface area contributed by atoms with Gasteiger partial charge in [0, 0.05) is 13.3 Å². The summed E-state index contributed by atoms with van der Waals surface area (Å²) in [4.78, 5) is 50.1. The molecule has 0 fully saturated rings. The Bertz CT molecular complexity index is 840. The Kier molecular flexibility index (Phi) is 4.93. The second kappa shape index (κ2) is 7.31. The Morgan fingerprint density at radius 1 is 0.923 bits per heavy atom. The van der Waals surface area contributed by atoms with Gasteiger partial charge < -0.3 is 4.74 Å². The van der Waals surface area contributed by atoms with Crippen LogP contribution in [0.4, 0.5) is 0 Å². The summed E-state index contributed by atoms with van der Waals surface area (Å²) in [5.41, 5.74) is 1.34. The van der Waals surface area contributed by atoms with Crippen molar-refractivity contribution in [1.29, 1.82) is 0 Å². The number of nitrogens with zero attached hydrogens (tertiary/aromatic N) is 1. The summed E-state index contributed by atoms with van der Waals surface area (Å²) in [5, 5.41) is 0. The third-order valence-electron chi connectivity index (χ3n) is 4.20. The fourth-order valence-electron chi connectivity index (χ4n) is 2.95. The van der Waals surface area contributed by atoms with Gasteiger partial charge in [0.2, 0.25) is 0 Å². The molecule has 0 spiro atoms. The molecule has 0 aliphatic carbocycles. The van der Waals surface area contributed by atoms with Crippen molar-refractivity contribution >= 4 is 23.6 Å². The molecule has 1 aliphatic rings. The molecule has 0 N–H and O–H groups in total. The number of ketones is 1. The average molecular weight is 351 g/mol. The van der Waals surface area contributed by atoms with E-state index in [0.717, 1.165) is 10.5 Å². The minimum atomic E-state index is -1.04. The van der Waals surface area contributed by atoms with Crippen LogP contribution in [-0.4, -0.2) is 41.1 Å². The Morgan fingerprint density at radius 3 is 2.00 bits per heavy atom. The van der Waals surface area contributed by atoms with Crippen LogP contribution in [0.1, 0.15) is 33.2 Å². The largest absolute Gasteiger partial charge is 0.458 e. The van der Waals surface area contributed by atoms with Gasteiger partial charge in [-0.2, -0.15) is 0 Å². The van der Waals surface area contributed by atoms with Crippen molar-refractivity contribution in [2.45, 2.75) is 19.4 Å². The quantitative estimate of drug-likeness (QED) is 0.588. The van der Waals surface area contributed by atoms with E-state index in [-0.39, 0.29) is 17.5 Å². The first kappa shape index (κ1) is 17.5. The lowest BCUT2D eigenvalue weighted by Crippen LogP contribution is -2.47. The van der Waals surface area contributed by atoms with Gasteiger partial charge in [0.05, 0.1) is 11.1 Å². The lowest BCUT2D eigenvalue weighted by atomic mass is 10.0. The molecule has 26 heavy (non-hydrogen) atoms. The summed E-state index contributed by atoms with van der Waals surface area (Å²) < 4.78 is 4.79. The smallest absolute Gasteiger partial charge is 0.303 e. The van der Waals surface area contributed by atoms with Gasteiger partial charge in [0.1, 0.15) is 6.04 Å². The molecular formula is C20H17NO5. The lowest BCUT2D eigenvalue weighted by molar-refractivity contribution is -0.146. The van der Waals surface area contributed by atoms with Crippen LogP contribution in [0.3, 0.4) is 0 Å². The molecular weight excluding hydrogens is 334 g/mol. The summed E-state index contributed by atoms with van der Waals surface area (Å²) in [6.07, 6.45) is 0.159. The molecule has 0 aromatic heterocycles. The van der Waals surface area contributed by atoms with Crippen LogP contribution in [0.15, 0.2) is 54.6 Å². The molecule has 1 aliphatic heterocycles. The van der Waals surface area contributed by atoms with E-state index < -0.39 is 36.2 Å². The van der Waals surface area contributed by atoms with E-state index in [9.17, 15) is 19.2 Å². The number of rotatable bonds is 6. The van der Waals surface area contributed by atoms with Gasteiger partial charge in [-0.05, 0) is 17.7 Å². The van der Waals surface area contributed by atoms with Crippen molar-refractivity contribution in [2.75, 3.05) is 6.61 Å². The minimum absolute atomic E-state index is 0.159. The van der Waals surface area contributed by atoms with Gasteiger partial charge in [-0.25, -0.2) is 0 Å². The van der Waals surface area contributed by atoms with Gasteiger partial charge in [0.25, 0.3) is 11.8 Å². The zero-order valence-corrected chi connectivity index (χ0v) is 14.2. The number of Topliss-reactive ketones (excluding diaryl/α,β-unsaturated/α-hetero) is 1.